The summed E-state index contributed by atoms with van der Waals surface area (Å²) in [5.74, 6) is 1.21. The molecule has 4 rings (SSSR count). The molecule has 0 unspecified atom stereocenters. The molecule has 34 heavy (non-hydrogen) atoms. The minimum atomic E-state index is -0.164. The Kier molecular flexibility index (Phi) is 7.40. The molecule has 0 spiro atoms. The Bertz CT molecular complexity index is 1180. The summed E-state index contributed by atoms with van der Waals surface area (Å²) < 4.78 is 7.32. The molecule has 2 aromatic carbocycles. The van der Waals surface area contributed by atoms with Crippen LogP contribution in [0.2, 0.25) is 0 Å². The predicted octanol–water partition coefficient (Wildman–Crippen LogP) is 3.15. The number of amides is 1. The van der Waals surface area contributed by atoms with Crippen molar-refractivity contribution in [2.45, 2.75) is 19.9 Å². The number of likely N-dealkylation sites (N-methyl/N-ethyl adjacent to an activating group) is 2. The van der Waals surface area contributed by atoms with Crippen molar-refractivity contribution in [2.24, 2.45) is 12.0 Å². The Morgan fingerprint density at radius 2 is 2.00 bits per heavy atom. The fraction of sp³-hybridized carbons (Fsp3) is 0.346. The lowest BCUT2D eigenvalue weighted by Gasteiger charge is -2.20. The third-order valence-electron chi connectivity index (χ3n) is 6.07. The Labute approximate surface area is 200 Å². The fourth-order valence-electron chi connectivity index (χ4n) is 4.16. The van der Waals surface area contributed by atoms with Crippen molar-refractivity contribution in [1.29, 1.82) is 0 Å². The van der Waals surface area contributed by atoms with Crippen molar-refractivity contribution in [3.8, 4) is 16.9 Å². The van der Waals surface area contributed by atoms with Crippen LogP contribution in [0.25, 0.3) is 11.1 Å². The van der Waals surface area contributed by atoms with Crippen LogP contribution in [0.15, 0.2) is 53.8 Å². The fourth-order valence-corrected chi connectivity index (χ4v) is 4.16. The van der Waals surface area contributed by atoms with Gasteiger partial charge in [-0.15, -0.1) is 0 Å². The number of aryl methyl sites for hydroxylation is 1. The SMILES string of the molecule is CCN(CCNC)Cc1ccc(C(=O)NC2=Nc3c(-c4cnn(C)c4)ccc(OC)c3C2)cc1. The topological polar surface area (TPSA) is 83.8 Å². The summed E-state index contributed by atoms with van der Waals surface area (Å²) >= 11 is 0. The summed E-state index contributed by atoms with van der Waals surface area (Å²) in [6, 6.07) is 11.7. The highest BCUT2D eigenvalue weighted by Crippen LogP contribution is 2.41. The van der Waals surface area contributed by atoms with E-state index in [9.17, 15) is 4.79 Å². The van der Waals surface area contributed by atoms with E-state index in [2.05, 4.69) is 27.6 Å². The van der Waals surface area contributed by atoms with E-state index in [1.807, 2.05) is 62.9 Å². The summed E-state index contributed by atoms with van der Waals surface area (Å²) in [5.41, 5.74) is 5.53. The number of amidine groups is 1. The van der Waals surface area contributed by atoms with Gasteiger partial charge in [-0.2, -0.15) is 5.10 Å². The number of carbonyl (C=O) groups is 1. The molecule has 8 nitrogen and oxygen atoms in total. The number of nitrogens with one attached hydrogen (secondary N) is 2. The van der Waals surface area contributed by atoms with Gasteiger partial charge in [0.1, 0.15) is 11.6 Å². The number of ether oxygens (including phenoxy) is 1. The van der Waals surface area contributed by atoms with E-state index in [0.717, 1.165) is 54.3 Å². The molecule has 0 saturated carbocycles. The summed E-state index contributed by atoms with van der Waals surface area (Å²) in [4.78, 5) is 20.1. The van der Waals surface area contributed by atoms with E-state index in [-0.39, 0.29) is 5.91 Å². The summed E-state index contributed by atoms with van der Waals surface area (Å²) in [7, 11) is 5.50. The van der Waals surface area contributed by atoms with Crippen molar-refractivity contribution in [2.75, 3.05) is 33.8 Å². The van der Waals surface area contributed by atoms with E-state index in [1.54, 1.807) is 11.8 Å². The number of fused-ring (bicyclic) bond motifs is 1. The number of nitrogens with zero attached hydrogens (tertiary/aromatic N) is 4. The molecule has 1 aromatic heterocycles. The lowest BCUT2D eigenvalue weighted by atomic mass is 10.0. The molecule has 0 atom stereocenters. The molecular formula is C26H32N6O2. The highest BCUT2D eigenvalue weighted by Gasteiger charge is 2.24. The minimum Gasteiger partial charge on any atom is -0.496 e. The average Bonchev–Trinajstić information content (AvgIpc) is 3.47. The second-order valence-corrected chi connectivity index (χ2v) is 8.40. The Morgan fingerprint density at radius 1 is 1.21 bits per heavy atom. The van der Waals surface area contributed by atoms with Crippen molar-refractivity contribution >= 4 is 17.4 Å². The molecule has 0 fully saturated rings. The van der Waals surface area contributed by atoms with Gasteiger partial charge in [0.15, 0.2) is 0 Å². The van der Waals surface area contributed by atoms with Gasteiger partial charge in [0.05, 0.1) is 19.0 Å². The maximum atomic E-state index is 12.9. The third-order valence-corrected chi connectivity index (χ3v) is 6.07. The number of rotatable bonds is 9. The maximum Gasteiger partial charge on any atom is 0.256 e. The van der Waals surface area contributed by atoms with Gasteiger partial charge in [0.25, 0.3) is 5.91 Å². The van der Waals surface area contributed by atoms with Crippen LogP contribution < -0.4 is 15.4 Å². The first-order valence-corrected chi connectivity index (χ1v) is 11.6. The first kappa shape index (κ1) is 23.7. The number of benzene rings is 2. The maximum absolute atomic E-state index is 12.9. The van der Waals surface area contributed by atoms with Crippen molar-refractivity contribution in [3.63, 3.8) is 0 Å². The van der Waals surface area contributed by atoms with Crippen LogP contribution in [0.1, 0.15) is 28.4 Å². The summed E-state index contributed by atoms with van der Waals surface area (Å²) in [6.07, 6.45) is 4.27. The highest BCUT2D eigenvalue weighted by atomic mass is 16.5. The lowest BCUT2D eigenvalue weighted by molar-refractivity contribution is 0.0976. The van der Waals surface area contributed by atoms with Crippen LogP contribution in [0, 0.1) is 0 Å². The minimum absolute atomic E-state index is 0.164. The van der Waals surface area contributed by atoms with E-state index in [0.29, 0.717) is 17.8 Å². The van der Waals surface area contributed by atoms with Crippen molar-refractivity contribution in [3.05, 3.63) is 65.5 Å². The third kappa shape index (κ3) is 5.18. The van der Waals surface area contributed by atoms with Gasteiger partial charge in [0, 0.05) is 61.6 Å². The second kappa shape index (κ2) is 10.6. The van der Waals surface area contributed by atoms with E-state index in [1.165, 1.54) is 5.56 Å². The molecule has 0 aliphatic carbocycles. The zero-order valence-electron chi connectivity index (χ0n) is 20.3. The summed E-state index contributed by atoms with van der Waals surface area (Å²) in [6.45, 7) is 5.94. The largest absolute Gasteiger partial charge is 0.496 e. The standard InChI is InChI=1S/C26H32N6O2/c1-5-32(13-12-27-2)16-18-6-8-19(9-7-18)26(33)30-24-14-22-23(34-4)11-10-21(25(22)29-24)20-15-28-31(3)17-20/h6-11,15,17,27H,5,12-14,16H2,1-4H3,(H,29,30,33). The van der Waals surface area contributed by atoms with Crippen molar-refractivity contribution in [1.82, 2.24) is 25.3 Å². The monoisotopic (exact) mass is 460 g/mol. The van der Waals surface area contributed by atoms with Gasteiger partial charge in [-0.25, -0.2) is 4.99 Å². The second-order valence-electron chi connectivity index (χ2n) is 8.40. The van der Waals surface area contributed by atoms with E-state index in [4.69, 9.17) is 9.73 Å². The molecule has 0 bridgehead atoms. The molecular weight excluding hydrogens is 428 g/mol. The first-order valence-electron chi connectivity index (χ1n) is 11.6. The molecule has 1 aliphatic heterocycles. The lowest BCUT2D eigenvalue weighted by Crippen LogP contribution is -2.31. The van der Waals surface area contributed by atoms with Gasteiger partial charge in [-0.1, -0.05) is 19.1 Å². The zero-order valence-corrected chi connectivity index (χ0v) is 20.3. The van der Waals surface area contributed by atoms with Crippen LogP contribution in [0.4, 0.5) is 5.69 Å². The molecule has 0 radical (unpaired) electrons. The number of carbonyl (C=O) groups excluding carboxylic acids is 1. The van der Waals surface area contributed by atoms with Crippen LogP contribution >= 0.6 is 0 Å². The molecule has 1 aliphatic rings. The quantitative estimate of drug-likeness (QED) is 0.513. The van der Waals surface area contributed by atoms with Gasteiger partial charge < -0.3 is 15.4 Å². The number of hydrogen-bond donors (Lipinski definition) is 2. The van der Waals surface area contributed by atoms with Crippen LogP contribution in [0.5, 0.6) is 5.75 Å². The smallest absolute Gasteiger partial charge is 0.256 e. The molecule has 2 heterocycles. The number of hydrogen-bond acceptors (Lipinski definition) is 6. The predicted molar refractivity (Wildman–Crippen MR) is 135 cm³/mol. The van der Waals surface area contributed by atoms with Gasteiger partial charge >= 0.3 is 0 Å². The number of aromatic nitrogens is 2. The number of aliphatic imine (C=N–C) groups is 1. The van der Waals surface area contributed by atoms with E-state index >= 15 is 0 Å². The van der Waals surface area contributed by atoms with Crippen molar-refractivity contribution < 1.29 is 9.53 Å². The normalized spacial score (nSPS) is 12.6. The van der Waals surface area contributed by atoms with Crippen LogP contribution in [-0.4, -0.2) is 60.2 Å². The van der Waals surface area contributed by atoms with E-state index < -0.39 is 0 Å². The Hall–Kier alpha value is -3.49. The van der Waals surface area contributed by atoms with Crippen LogP contribution in [-0.2, 0) is 20.0 Å². The first-order chi connectivity index (χ1) is 16.5. The van der Waals surface area contributed by atoms with Gasteiger partial charge in [-0.3, -0.25) is 14.4 Å². The van der Waals surface area contributed by atoms with Gasteiger partial charge in [0.2, 0.25) is 0 Å². The molecule has 0 saturated heterocycles. The molecule has 8 heteroatoms. The van der Waals surface area contributed by atoms with Gasteiger partial charge in [-0.05, 0) is 43.4 Å². The Morgan fingerprint density at radius 3 is 2.65 bits per heavy atom. The molecule has 178 valence electrons. The Balaban J connectivity index is 1.47. The molecule has 1 amide bonds. The molecule has 2 N–H and O–H groups in total. The average molecular weight is 461 g/mol. The summed E-state index contributed by atoms with van der Waals surface area (Å²) in [5, 5.41) is 10.5. The molecule has 3 aromatic rings. The highest BCUT2D eigenvalue weighted by molar-refractivity contribution is 6.10. The van der Waals surface area contributed by atoms with Crippen LogP contribution in [0.3, 0.4) is 0 Å². The zero-order chi connectivity index (χ0) is 24.1. The number of methoxy groups -OCH3 is 1.